The molecule has 0 radical (unpaired) electrons. The van der Waals surface area contributed by atoms with Crippen molar-refractivity contribution in [2.75, 3.05) is 25.2 Å². The summed E-state index contributed by atoms with van der Waals surface area (Å²) in [5.74, 6) is -2.19. The summed E-state index contributed by atoms with van der Waals surface area (Å²) in [6.45, 7) is 13.9. The molecule has 0 aliphatic heterocycles. The summed E-state index contributed by atoms with van der Waals surface area (Å²) in [7, 11) is 0. The van der Waals surface area contributed by atoms with Crippen LogP contribution in [0.4, 0.5) is 5.13 Å². The number of aromatic nitrogens is 1. The number of ether oxygens (including phenoxy) is 6. The second kappa shape index (κ2) is 19.7. The van der Waals surface area contributed by atoms with Gasteiger partial charge in [-0.05, 0) is 112 Å². The topological polar surface area (TPSA) is 164 Å². The van der Waals surface area contributed by atoms with Gasteiger partial charge in [0, 0.05) is 18.1 Å². The predicted octanol–water partition coefficient (Wildman–Crippen LogP) is 7.93. The zero-order valence-electron chi connectivity index (χ0n) is 32.6. The van der Waals surface area contributed by atoms with Gasteiger partial charge in [0.25, 0.3) is 0 Å². The van der Waals surface area contributed by atoms with Crippen molar-refractivity contribution in [2.45, 2.75) is 51.6 Å². The molecule has 2 N–H and O–H groups in total. The van der Waals surface area contributed by atoms with E-state index in [1.165, 1.54) is 42.7 Å². The zero-order chi connectivity index (χ0) is 41.7. The van der Waals surface area contributed by atoms with Gasteiger partial charge in [-0.15, -0.1) is 0 Å². The average Bonchev–Trinajstić information content (AvgIpc) is 3.62. The Morgan fingerprint density at radius 2 is 1.57 bits per heavy atom. The second-order valence-corrected chi connectivity index (χ2v) is 14.9. The number of aliphatic hydroxyl groups is 1. The number of hydrogen-bond donors (Lipinski definition) is 2. The van der Waals surface area contributed by atoms with E-state index in [0.717, 1.165) is 21.9 Å². The summed E-state index contributed by atoms with van der Waals surface area (Å²) in [6, 6.07) is 25.9. The van der Waals surface area contributed by atoms with Crippen LogP contribution in [0.5, 0.6) is 17.2 Å². The summed E-state index contributed by atoms with van der Waals surface area (Å²) in [4.78, 5) is 42.2. The van der Waals surface area contributed by atoms with Crippen molar-refractivity contribution in [2.24, 2.45) is 5.10 Å². The van der Waals surface area contributed by atoms with Gasteiger partial charge in [0.15, 0.2) is 5.79 Å². The number of nitrogens with zero attached hydrogens (tertiary/aromatic N) is 2. The monoisotopic (exact) mass is 807 g/mol. The second-order valence-electron chi connectivity index (χ2n) is 13.9. The summed E-state index contributed by atoms with van der Waals surface area (Å²) in [5.41, 5.74) is 5.36. The highest BCUT2D eigenvalue weighted by Crippen LogP contribution is 2.26. The van der Waals surface area contributed by atoms with E-state index in [1.54, 1.807) is 54.6 Å². The third-order valence-corrected chi connectivity index (χ3v) is 8.90. The van der Waals surface area contributed by atoms with Crippen LogP contribution in [0.1, 0.15) is 59.5 Å². The van der Waals surface area contributed by atoms with Crippen LogP contribution in [-0.4, -0.2) is 71.5 Å². The molecule has 2 atom stereocenters. The Labute approximate surface area is 340 Å². The van der Waals surface area contributed by atoms with Gasteiger partial charge >= 0.3 is 17.9 Å². The number of fused-ring (bicyclic) bond motifs is 1. The lowest BCUT2D eigenvalue weighted by Gasteiger charge is -2.26. The molecule has 0 spiro atoms. The van der Waals surface area contributed by atoms with Crippen LogP contribution in [0, 0.1) is 0 Å². The molecule has 0 saturated carbocycles. The van der Waals surface area contributed by atoms with Crippen molar-refractivity contribution in [3.63, 3.8) is 0 Å². The zero-order valence-corrected chi connectivity index (χ0v) is 33.5. The van der Waals surface area contributed by atoms with Gasteiger partial charge in [-0.25, -0.2) is 19.4 Å². The molecule has 0 fully saturated rings. The van der Waals surface area contributed by atoms with Gasteiger partial charge in [0.05, 0.1) is 34.2 Å². The molecule has 2 unspecified atom stereocenters. The Balaban J connectivity index is 1.25. The Kier molecular flexibility index (Phi) is 14.5. The molecule has 0 amide bonds. The highest BCUT2D eigenvalue weighted by Gasteiger charge is 2.24. The summed E-state index contributed by atoms with van der Waals surface area (Å²) >= 11 is 1.44. The Morgan fingerprint density at radius 3 is 2.24 bits per heavy atom. The number of anilines is 1. The smallest absolute Gasteiger partial charge is 0.343 e. The van der Waals surface area contributed by atoms with E-state index in [0.29, 0.717) is 34.2 Å². The molecule has 1 aromatic heterocycles. The maximum atomic E-state index is 13.4. The Morgan fingerprint density at radius 1 is 0.879 bits per heavy atom. The minimum absolute atomic E-state index is 0.0995. The van der Waals surface area contributed by atoms with Gasteiger partial charge in [0.2, 0.25) is 5.13 Å². The van der Waals surface area contributed by atoms with Gasteiger partial charge in [-0.1, -0.05) is 42.7 Å². The highest BCUT2D eigenvalue weighted by atomic mass is 32.1. The molecular weight excluding hydrogens is 763 g/mol. The van der Waals surface area contributed by atoms with E-state index in [9.17, 15) is 19.5 Å². The van der Waals surface area contributed by atoms with Crippen LogP contribution >= 0.6 is 11.3 Å². The molecule has 5 aromatic rings. The fourth-order valence-corrected chi connectivity index (χ4v) is 5.97. The number of para-hydroxylation sites is 1. The standard InChI is InChI=1S/C44H45N3O10S/c1-7-39(48)54-28-35(57-44(6,51)8-2)27-53-33-18-14-31(15-19-33)41(50)55-37-22-13-29(23-24-52-40(49)30-16-20-34(21-17-30)56-43(3,4)5)25-32(37)26-45-47-42-46-36-11-9-10-12-38(36)58-42/h7-22,25-26,35,51H,1-2,23-24,27-28H2,3-6H3,(H,46,47)/b45-26+. The third kappa shape index (κ3) is 13.1. The van der Waals surface area contributed by atoms with E-state index < -0.39 is 29.8 Å². The first kappa shape index (κ1) is 42.8. The van der Waals surface area contributed by atoms with E-state index in [2.05, 4.69) is 28.7 Å². The van der Waals surface area contributed by atoms with Crippen molar-refractivity contribution < 1.29 is 47.9 Å². The molecule has 0 aliphatic rings. The maximum Gasteiger partial charge on any atom is 0.343 e. The normalized spacial score (nSPS) is 12.9. The van der Waals surface area contributed by atoms with Crippen LogP contribution < -0.4 is 19.6 Å². The first-order valence-electron chi connectivity index (χ1n) is 18.2. The van der Waals surface area contributed by atoms with Crippen LogP contribution in [-0.2, 0) is 25.4 Å². The lowest BCUT2D eigenvalue weighted by molar-refractivity contribution is -0.202. The Bertz CT molecular complexity index is 2210. The molecule has 14 heteroatoms. The van der Waals surface area contributed by atoms with Gasteiger partial charge in [-0.2, -0.15) is 5.10 Å². The molecule has 0 saturated heterocycles. The largest absolute Gasteiger partial charge is 0.491 e. The molecular formula is C44H45N3O10S. The minimum atomic E-state index is -1.70. The van der Waals surface area contributed by atoms with Gasteiger partial charge in [0.1, 0.15) is 42.2 Å². The molecule has 13 nitrogen and oxygen atoms in total. The van der Waals surface area contributed by atoms with E-state index >= 15 is 0 Å². The molecule has 302 valence electrons. The maximum absolute atomic E-state index is 13.4. The molecule has 4 aromatic carbocycles. The van der Waals surface area contributed by atoms with Gasteiger partial charge < -0.3 is 33.5 Å². The molecule has 58 heavy (non-hydrogen) atoms. The van der Waals surface area contributed by atoms with Crippen molar-refractivity contribution in [1.82, 2.24) is 4.98 Å². The predicted molar refractivity (Wildman–Crippen MR) is 222 cm³/mol. The average molecular weight is 808 g/mol. The Hall–Kier alpha value is -6.35. The van der Waals surface area contributed by atoms with Crippen LogP contribution in [0.2, 0.25) is 0 Å². The van der Waals surface area contributed by atoms with Crippen molar-refractivity contribution in [1.29, 1.82) is 0 Å². The van der Waals surface area contributed by atoms with E-state index in [4.69, 9.17) is 28.4 Å². The van der Waals surface area contributed by atoms with Crippen molar-refractivity contribution >= 4 is 50.8 Å². The summed E-state index contributed by atoms with van der Waals surface area (Å²) in [5, 5.41) is 15.2. The van der Waals surface area contributed by atoms with Crippen LogP contribution in [0.15, 0.2) is 121 Å². The van der Waals surface area contributed by atoms with Crippen LogP contribution in [0.3, 0.4) is 0 Å². The number of benzene rings is 4. The van der Waals surface area contributed by atoms with Crippen molar-refractivity contribution in [3.05, 3.63) is 139 Å². The van der Waals surface area contributed by atoms with Gasteiger partial charge in [-0.3, -0.25) is 5.43 Å². The fourth-order valence-electron chi connectivity index (χ4n) is 5.15. The minimum Gasteiger partial charge on any atom is -0.491 e. The number of carbonyl (C=O) groups is 3. The molecule has 0 bridgehead atoms. The summed E-state index contributed by atoms with van der Waals surface area (Å²) < 4.78 is 34.6. The first-order chi connectivity index (χ1) is 27.7. The lowest BCUT2D eigenvalue weighted by atomic mass is 10.1. The number of nitrogens with one attached hydrogen (secondary N) is 1. The molecule has 1 heterocycles. The number of esters is 3. The SMILES string of the molecule is C=CC(=O)OCC(COc1ccc(C(=O)Oc2ccc(CCOC(=O)c3ccc(OC(C)(C)C)cc3)cc2/C=N/Nc2nc3ccccc3s2)cc1)OC(C)(O)C=C. The number of thiazole rings is 1. The molecule has 0 aliphatic carbocycles. The number of hydrazone groups is 1. The first-order valence-corrected chi connectivity index (χ1v) is 19.0. The number of carbonyl (C=O) groups excluding carboxylic acids is 3. The highest BCUT2D eigenvalue weighted by molar-refractivity contribution is 7.22. The van der Waals surface area contributed by atoms with E-state index in [1.807, 2.05) is 45.0 Å². The number of rotatable bonds is 19. The third-order valence-electron chi connectivity index (χ3n) is 7.96. The van der Waals surface area contributed by atoms with Crippen LogP contribution in [0.25, 0.3) is 10.2 Å². The number of hydrogen-bond acceptors (Lipinski definition) is 14. The fraction of sp³-hybridized carbons (Fsp3) is 0.250. The summed E-state index contributed by atoms with van der Waals surface area (Å²) in [6.07, 6.45) is 3.26. The lowest BCUT2D eigenvalue weighted by Crippen LogP contribution is -2.37. The quantitative estimate of drug-likeness (QED) is 0.0158. The molecule has 5 rings (SSSR count). The van der Waals surface area contributed by atoms with E-state index in [-0.39, 0.29) is 36.7 Å². The van der Waals surface area contributed by atoms with Crippen molar-refractivity contribution in [3.8, 4) is 17.2 Å².